The highest BCUT2D eigenvalue weighted by Crippen LogP contribution is 2.26. The molecule has 1 aromatic carbocycles. The Labute approximate surface area is 118 Å². The van der Waals surface area contributed by atoms with Gasteiger partial charge in [0.15, 0.2) is 11.6 Å². The molecule has 3 nitrogen and oxygen atoms in total. The Kier molecular flexibility index (Phi) is 5.62. The van der Waals surface area contributed by atoms with Gasteiger partial charge < -0.3 is 11.1 Å². The SMILES string of the molecule is CCC(CC)(CN)C(=O)NC(C)c1ccc(F)c(F)c1. The molecule has 0 bridgehead atoms. The van der Waals surface area contributed by atoms with Crippen molar-refractivity contribution in [3.8, 4) is 0 Å². The fourth-order valence-electron chi connectivity index (χ4n) is 2.17. The number of halogens is 2. The second-order valence-electron chi connectivity index (χ2n) is 5.06. The first-order valence-corrected chi connectivity index (χ1v) is 6.86. The summed E-state index contributed by atoms with van der Waals surface area (Å²) in [5.41, 5.74) is 5.64. The van der Waals surface area contributed by atoms with Gasteiger partial charge >= 0.3 is 0 Å². The highest BCUT2D eigenvalue weighted by molar-refractivity contribution is 5.83. The summed E-state index contributed by atoms with van der Waals surface area (Å²) in [5.74, 6) is -1.97. The molecule has 0 aliphatic rings. The summed E-state index contributed by atoms with van der Waals surface area (Å²) in [6.07, 6.45) is 1.27. The lowest BCUT2D eigenvalue weighted by Gasteiger charge is -2.30. The minimum absolute atomic E-state index is 0.151. The predicted molar refractivity (Wildman–Crippen MR) is 75.0 cm³/mol. The van der Waals surface area contributed by atoms with Crippen molar-refractivity contribution >= 4 is 5.91 Å². The molecular formula is C15H22F2N2O. The minimum atomic E-state index is -0.917. The summed E-state index contributed by atoms with van der Waals surface area (Å²) in [6.45, 7) is 5.82. The van der Waals surface area contributed by atoms with Gasteiger partial charge in [-0.15, -0.1) is 0 Å². The summed E-state index contributed by atoms with van der Waals surface area (Å²) in [6, 6.07) is 3.22. The van der Waals surface area contributed by atoms with Crippen LogP contribution in [-0.2, 0) is 4.79 Å². The second kappa shape index (κ2) is 6.79. The van der Waals surface area contributed by atoms with Gasteiger partial charge in [-0.2, -0.15) is 0 Å². The second-order valence-corrected chi connectivity index (χ2v) is 5.06. The molecule has 3 N–H and O–H groups in total. The zero-order valence-corrected chi connectivity index (χ0v) is 12.2. The maximum Gasteiger partial charge on any atom is 0.227 e. The number of nitrogens with two attached hydrogens (primary N) is 1. The monoisotopic (exact) mass is 284 g/mol. The third-order valence-corrected chi connectivity index (χ3v) is 4.02. The highest BCUT2D eigenvalue weighted by Gasteiger charge is 2.34. The van der Waals surface area contributed by atoms with Gasteiger partial charge in [0, 0.05) is 6.54 Å². The Morgan fingerprint density at radius 1 is 1.30 bits per heavy atom. The minimum Gasteiger partial charge on any atom is -0.349 e. The van der Waals surface area contributed by atoms with Crippen molar-refractivity contribution in [3.05, 3.63) is 35.4 Å². The summed E-state index contributed by atoms with van der Waals surface area (Å²) in [7, 11) is 0. The number of carbonyl (C=O) groups is 1. The van der Waals surface area contributed by atoms with Gasteiger partial charge in [0.2, 0.25) is 5.91 Å². The van der Waals surface area contributed by atoms with E-state index in [1.165, 1.54) is 6.07 Å². The van der Waals surface area contributed by atoms with Gasteiger partial charge in [0.25, 0.3) is 0 Å². The molecule has 0 aromatic heterocycles. The van der Waals surface area contributed by atoms with Crippen molar-refractivity contribution in [1.82, 2.24) is 5.32 Å². The molecule has 0 heterocycles. The van der Waals surface area contributed by atoms with Crippen LogP contribution in [0.2, 0.25) is 0 Å². The van der Waals surface area contributed by atoms with E-state index >= 15 is 0 Å². The fraction of sp³-hybridized carbons (Fsp3) is 0.533. The molecule has 5 heteroatoms. The maximum atomic E-state index is 13.2. The quantitative estimate of drug-likeness (QED) is 0.844. The smallest absolute Gasteiger partial charge is 0.227 e. The van der Waals surface area contributed by atoms with E-state index in [2.05, 4.69) is 5.32 Å². The summed E-state index contributed by atoms with van der Waals surface area (Å²) in [5, 5.41) is 2.83. The molecule has 0 fully saturated rings. The van der Waals surface area contributed by atoms with Crippen LogP contribution < -0.4 is 11.1 Å². The van der Waals surface area contributed by atoms with E-state index in [-0.39, 0.29) is 12.5 Å². The molecular weight excluding hydrogens is 262 g/mol. The third kappa shape index (κ3) is 3.33. The first-order valence-electron chi connectivity index (χ1n) is 6.86. The number of carbonyl (C=O) groups excluding carboxylic acids is 1. The topological polar surface area (TPSA) is 55.1 Å². The van der Waals surface area contributed by atoms with Gasteiger partial charge in [0.05, 0.1) is 11.5 Å². The Morgan fingerprint density at radius 3 is 2.35 bits per heavy atom. The normalized spacial score (nSPS) is 13.1. The molecule has 20 heavy (non-hydrogen) atoms. The Bertz CT molecular complexity index is 465. The van der Waals surface area contributed by atoms with Crippen molar-refractivity contribution in [3.63, 3.8) is 0 Å². The zero-order chi connectivity index (χ0) is 15.3. The van der Waals surface area contributed by atoms with Gasteiger partial charge in [0.1, 0.15) is 0 Å². The molecule has 0 saturated heterocycles. The molecule has 0 aliphatic carbocycles. The first-order chi connectivity index (χ1) is 9.40. The lowest BCUT2D eigenvalue weighted by Crippen LogP contribution is -2.46. The van der Waals surface area contributed by atoms with Gasteiger partial charge in [-0.1, -0.05) is 19.9 Å². The van der Waals surface area contributed by atoms with Crippen molar-refractivity contribution in [2.45, 2.75) is 39.7 Å². The maximum absolute atomic E-state index is 13.2. The van der Waals surface area contributed by atoms with Crippen LogP contribution in [0.15, 0.2) is 18.2 Å². The number of rotatable bonds is 6. The number of nitrogens with one attached hydrogen (secondary N) is 1. The molecule has 0 spiro atoms. The number of benzene rings is 1. The van der Waals surface area contributed by atoms with E-state index in [1.807, 2.05) is 13.8 Å². The van der Waals surface area contributed by atoms with Crippen LogP contribution in [0.1, 0.15) is 45.2 Å². The average Bonchev–Trinajstić information content (AvgIpc) is 2.44. The Morgan fingerprint density at radius 2 is 1.90 bits per heavy atom. The number of amides is 1. The van der Waals surface area contributed by atoms with E-state index in [9.17, 15) is 13.6 Å². The van der Waals surface area contributed by atoms with Crippen LogP contribution in [0.5, 0.6) is 0 Å². The lowest BCUT2D eigenvalue weighted by atomic mass is 9.81. The van der Waals surface area contributed by atoms with Gasteiger partial charge in [-0.3, -0.25) is 4.79 Å². The third-order valence-electron chi connectivity index (χ3n) is 4.02. The lowest BCUT2D eigenvalue weighted by molar-refractivity contribution is -0.131. The average molecular weight is 284 g/mol. The summed E-state index contributed by atoms with van der Waals surface area (Å²) in [4.78, 5) is 12.3. The fourth-order valence-corrected chi connectivity index (χ4v) is 2.17. The van der Waals surface area contributed by atoms with Crippen LogP contribution in [0.4, 0.5) is 8.78 Å². The predicted octanol–water partition coefficient (Wildman–Crippen LogP) is 2.91. The van der Waals surface area contributed by atoms with Crippen molar-refractivity contribution in [1.29, 1.82) is 0 Å². The molecule has 1 atom stereocenters. The summed E-state index contributed by atoms with van der Waals surface area (Å²) < 4.78 is 26.1. The van der Waals surface area contributed by atoms with Crippen LogP contribution in [0.25, 0.3) is 0 Å². The molecule has 1 rings (SSSR count). The van der Waals surface area contributed by atoms with Gasteiger partial charge in [-0.05, 0) is 37.5 Å². The molecule has 1 aromatic rings. The van der Waals surface area contributed by atoms with E-state index in [4.69, 9.17) is 5.73 Å². The Hall–Kier alpha value is -1.49. The van der Waals surface area contributed by atoms with Crippen molar-refractivity contribution in [2.24, 2.45) is 11.1 Å². The largest absolute Gasteiger partial charge is 0.349 e. The molecule has 0 radical (unpaired) electrons. The van der Waals surface area contributed by atoms with Crippen molar-refractivity contribution < 1.29 is 13.6 Å². The molecule has 112 valence electrons. The molecule has 1 amide bonds. The van der Waals surface area contributed by atoms with E-state index < -0.39 is 23.1 Å². The highest BCUT2D eigenvalue weighted by atomic mass is 19.2. The molecule has 0 aliphatic heterocycles. The van der Waals surface area contributed by atoms with Crippen LogP contribution in [0.3, 0.4) is 0 Å². The number of hydrogen-bond donors (Lipinski definition) is 2. The van der Waals surface area contributed by atoms with Crippen LogP contribution in [0, 0.1) is 17.0 Å². The summed E-state index contributed by atoms with van der Waals surface area (Å²) >= 11 is 0. The van der Waals surface area contributed by atoms with E-state index in [1.54, 1.807) is 6.92 Å². The zero-order valence-electron chi connectivity index (χ0n) is 12.2. The van der Waals surface area contributed by atoms with Gasteiger partial charge in [-0.25, -0.2) is 8.78 Å². The standard InChI is InChI=1S/C15H22F2N2O/c1-4-15(5-2,9-18)14(20)19-10(3)11-6-7-12(16)13(17)8-11/h6-8,10H,4-5,9,18H2,1-3H3,(H,19,20). The molecule has 0 saturated carbocycles. The molecule has 1 unspecified atom stereocenters. The van der Waals surface area contributed by atoms with E-state index in [0.29, 0.717) is 18.4 Å². The van der Waals surface area contributed by atoms with Crippen LogP contribution in [-0.4, -0.2) is 12.5 Å². The first kappa shape index (κ1) is 16.6. The van der Waals surface area contributed by atoms with E-state index in [0.717, 1.165) is 12.1 Å². The van der Waals surface area contributed by atoms with Crippen LogP contribution >= 0.6 is 0 Å². The van der Waals surface area contributed by atoms with Crippen molar-refractivity contribution in [2.75, 3.05) is 6.54 Å². The Balaban J connectivity index is 2.86. The number of hydrogen-bond acceptors (Lipinski definition) is 2.